The van der Waals surface area contributed by atoms with Gasteiger partial charge in [0.15, 0.2) is 0 Å². The predicted octanol–water partition coefficient (Wildman–Crippen LogP) is 2.27. The Morgan fingerprint density at radius 3 is 2.39 bits per heavy atom. The van der Waals surface area contributed by atoms with Crippen LogP contribution in [-0.2, 0) is 18.3 Å². The lowest BCUT2D eigenvalue weighted by molar-refractivity contribution is -0.121. The maximum Gasteiger partial charge on any atom is 0.220 e. The zero-order chi connectivity index (χ0) is 13.7. The van der Waals surface area contributed by atoms with Crippen LogP contribution in [0.3, 0.4) is 0 Å². The maximum atomic E-state index is 11.8. The van der Waals surface area contributed by atoms with Gasteiger partial charge in [0.2, 0.25) is 5.91 Å². The molecule has 0 aliphatic heterocycles. The first-order valence-corrected chi connectivity index (χ1v) is 6.78. The number of aryl methyl sites for hydroxylation is 2. The molecule has 0 aliphatic carbocycles. The summed E-state index contributed by atoms with van der Waals surface area (Å²) in [5.41, 5.74) is 3.39. The first kappa shape index (κ1) is 14.7. The summed E-state index contributed by atoms with van der Waals surface area (Å²) in [4.78, 5) is 11.8. The third kappa shape index (κ3) is 3.59. The van der Waals surface area contributed by atoms with Crippen LogP contribution in [0.1, 0.15) is 50.1 Å². The number of hydrogen-bond acceptors (Lipinski definition) is 2. The van der Waals surface area contributed by atoms with Crippen LogP contribution in [0.4, 0.5) is 0 Å². The highest BCUT2D eigenvalue weighted by atomic mass is 16.1. The van der Waals surface area contributed by atoms with Gasteiger partial charge in [-0.3, -0.25) is 9.48 Å². The largest absolute Gasteiger partial charge is 0.353 e. The molecule has 4 nitrogen and oxygen atoms in total. The summed E-state index contributed by atoms with van der Waals surface area (Å²) in [7, 11) is 1.94. The number of aromatic nitrogens is 2. The van der Waals surface area contributed by atoms with Gasteiger partial charge in [-0.15, -0.1) is 0 Å². The lowest BCUT2D eigenvalue weighted by Crippen LogP contribution is -2.33. The van der Waals surface area contributed by atoms with Crippen molar-refractivity contribution in [1.29, 1.82) is 0 Å². The summed E-state index contributed by atoms with van der Waals surface area (Å²) in [6.45, 7) is 8.25. The Bertz CT molecular complexity index is 405. The highest BCUT2D eigenvalue weighted by Gasteiger charge is 2.12. The number of hydrogen-bond donors (Lipinski definition) is 1. The van der Waals surface area contributed by atoms with Crippen molar-refractivity contribution in [2.75, 3.05) is 0 Å². The van der Waals surface area contributed by atoms with Crippen molar-refractivity contribution >= 4 is 5.91 Å². The van der Waals surface area contributed by atoms with E-state index in [9.17, 15) is 4.79 Å². The molecule has 0 fully saturated rings. The molecule has 1 amide bonds. The van der Waals surface area contributed by atoms with Crippen molar-refractivity contribution in [3.05, 3.63) is 17.0 Å². The SMILES string of the molecule is CCC(CC)NC(=O)CCc1c(C)nn(C)c1C. The van der Waals surface area contributed by atoms with Crippen LogP contribution in [-0.4, -0.2) is 21.7 Å². The summed E-state index contributed by atoms with van der Waals surface area (Å²) in [5, 5.41) is 7.43. The fourth-order valence-corrected chi connectivity index (χ4v) is 2.21. The van der Waals surface area contributed by atoms with Gasteiger partial charge in [-0.05, 0) is 38.7 Å². The Hall–Kier alpha value is -1.32. The number of rotatable bonds is 6. The van der Waals surface area contributed by atoms with Crippen LogP contribution in [0.15, 0.2) is 0 Å². The zero-order valence-electron chi connectivity index (χ0n) is 12.2. The van der Waals surface area contributed by atoms with Crippen LogP contribution in [0.2, 0.25) is 0 Å². The number of amides is 1. The normalized spacial score (nSPS) is 11.0. The maximum absolute atomic E-state index is 11.8. The van der Waals surface area contributed by atoms with E-state index in [1.54, 1.807) is 0 Å². The van der Waals surface area contributed by atoms with Gasteiger partial charge >= 0.3 is 0 Å². The summed E-state index contributed by atoms with van der Waals surface area (Å²) in [5.74, 6) is 0.145. The van der Waals surface area contributed by atoms with E-state index < -0.39 is 0 Å². The van der Waals surface area contributed by atoms with E-state index in [0.717, 1.165) is 30.7 Å². The minimum absolute atomic E-state index is 0.145. The molecule has 4 heteroatoms. The number of carbonyl (C=O) groups is 1. The molecule has 1 heterocycles. The second kappa shape index (κ2) is 6.57. The second-order valence-electron chi connectivity index (χ2n) is 4.85. The average Bonchev–Trinajstić information content (AvgIpc) is 2.58. The van der Waals surface area contributed by atoms with Crippen molar-refractivity contribution in [3.63, 3.8) is 0 Å². The highest BCUT2D eigenvalue weighted by Crippen LogP contribution is 2.14. The van der Waals surface area contributed by atoms with Crippen molar-refractivity contribution in [1.82, 2.24) is 15.1 Å². The molecule has 0 aliphatic rings. The van der Waals surface area contributed by atoms with E-state index in [-0.39, 0.29) is 5.91 Å². The fraction of sp³-hybridized carbons (Fsp3) is 0.714. The summed E-state index contributed by atoms with van der Waals surface area (Å²) in [6, 6.07) is 0.314. The van der Waals surface area contributed by atoms with E-state index in [4.69, 9.17) is 0 Å². The lowest BCUT2D eigenvalue weighted by Gasteiger charge is -2.14. The third-order valence-corrected chi connectivity index (χ3v) is 3.61. The fourth-order valence-electron chi connectivity index (χ4n) is 2.21. The third-order valence-electron chi connectivity index (χ3n) is 3.61. The van der Waals surface area contributed by atoms with E-state index in [0.29, 0.717) is 12.5 Å². The summed E-state index contributed by atoms with van der Waals surface area (Å²) in [6.07, 6.45) is 3.31. The van der Waals surface area contributed by atoms with E-state index in [1.165, 1.54) is 5.56 Å². The molecule has 0 unspecified atom stereocenters. The molecule has 0 bridgehead atoms. The molecular formula is C14H25N3O. The first-order valence-electron chi connectivity index (χ1n) is 6.78. The van der Waals surface area contributed by atoms with Gasteiger partial charge in [-0.2, -0.15) is 5.10 Å². The van der Waals surface area contributed by atoms with Gasteiger partial charge in [-0.25, -0.2) is 0 Å². The first-order chi connectivity index (χ1) is 8.49. The molecule has 1 aromatic rings. The molecule has 0 radical (unpaired) electrons. The Balaban J connectivity index is 2.52. The minimum Gasteiger partial charge on any atom is -0.353 e. The smallest absolute Gasteiger partial charge is 0.220 e. The molecular weight excluding hydrogens is 226 g/mol. The second-order valence-corrected chi connectivity index (χ2v) is 4.85. The number of nitrogens with one attached hydrogen (secondary N) is 1. The quantitative estimate of drug-likeness (QED) is 0.843. The molecule has 1 rings (SSSR count). The van der Waals surface area contributed by atoms with Crippen LogP contribution in [0, 0.1) is 13.8 Å². The van der Waals surface area contributed by atoms with E-state index >= 15 is 0 Å². The van der Waals surface area contributed by atoms with Gasteiger partial charge in [0, 0.05) is 25.2 Å². The Morgan fingerprint density at radius 2 is 1.94 bits per heavy atom. The standard InChI is InChI=1S/C14H25N3O/c1-6-12(7-2)15-14(18)9-8-13-10(3)16-17(5)11(13)4/h12H,6-9H2,1-5H3,(H,15,18). The van der Waals surface area contributed by atoms with E-state index in [1.807, 2.05) is 25.6 Å². The molecule has 0 atom stereocenters. The van der Waals surface area contributed by atoms with Crippen molar-refractivity contribution < 1.29 is 4.79 Å². The van der Waals surface area contributed by atoms with Gasteiger partial charge < -0.3 is 5.32 Å². The van der Waals surface area contributed by atoms with Crippen molar-refractivity contribution in [3.8, 4) is 0 Å². The molecule has 1 N–H and O–H groups in total. The molecule has 1 aromatic heterocycles. The van der Waals surface area contributed by atoms with Crippen LogP contribution in [0.5, 0.6) is 0 Å². The van der Waals surface area contributed by atoms with Crippen molar-refractivity contribution in [2.45, 2.75) is 59.4 Å². The molecule has 0 spiro atoms. The van der Waals surface area contributed by atoms with Crippen LogP contribution >= 0.6 is 0 Å². The Labute approximate surface area is 110 Å². The molecule has 0 saturated heterocycles. The van der Waals surface area contributed by atoms with Gasteiger partial charge in [0.05, 0.1) is 5.69 Å². The number of nitrogens with zero attached hydrogens (tertiary/aromatic N) is 2. The molecule has 18 heavy (non-hydrogen) atoms. The minimum atomic E-state index is 0.145. The number of carbonyl (C=O) groups excluding carboxylic acids is 1. The van der Waals surface area contributed by atoms with Crippen molar-refractivity contribution in [2.24, 2.45) is 7.05 Å². The van der Waals surface area contributed by atoms with E-state index in [2.05, 4.69) is 24.3 Å². The summed E-state index contributed by atoms with van der Waals surface area (Å²) >= 11 is 0. The zero-order valence-corrected chi connectivity index (χ0v) is 12.2. The monoisotopic (exact) mass is 251 g/mol. The molecule has 0 saturated carbocycles. The Morgan fingerprint density at radius 1 is 1.33 bits per heavy atom. The predicted molar refractivity (Wildman–Crippen MR) is 73.5 cm³/mol. The highest BCUT2D eigenvalue weighted by molar-refractivity contribution is 5.76. The van der Waals surface area contributed by atoms with Gasteiger partial charge in [-0.1, -0.05) is 13.8 Å². The lowest BCUT2D eigenvalue weighted by atomic mass is 10.1. The van der Waals surface area contributed by atoms with Gasteiger partial charge in [0.25, 0.3) is 0 Å². The average molecular weight is 251 g/mol. The van der Waals surface area contributed by atoms with Crippen LogP contribution in [0.25, 0.3) is 0 Å². The van der Waals surface area contributed by atoms with Gasteiger partial charge in [0.1, 0.15) is 0 Å². The molecule has 102 valence electrons. The van der Waals surface area contributed by atoms with Crippen LogP contribution < -0.4 is 5.32 Å². The Kier molecular flexibility index (Phi) is 5.38. The summed E-state index contributed by atoms with van der Waals surface area (Å²) < 4.78 is 1.88. The topological polar surface area (TPSA) is 46.9 Å². The molecule has 0 aromatic carbocycles.